The van der Waals surface area contributed by atoms with Crippen molar-refractivity contribution in [2.75, 3.05) is 0 Å². The van der Waals surface area contributed by atoms with Crippen LogP contribution in [0.2, 0.25) is 0 Å². The van der Waals surface area contributed by atoms with Crippen LogP contribution < -0.4 is 4.18 Å². The highest BCUT2D eigenvalue weighted by Crippen LogP contribution is 2.25. The Bertz CT molecular complexity index is 681. The fraction of sp³-hybridized carbons (Fsp3) is 0.294. The Balaban J connectivity index is 2.10. The average molecular weight is 304 g/mol. The van der Waals surface area contributed by atoms with Crippen LogP contribution in [0, 0.1) is 0 Å². The maximum absolute atomic E-state index is 12.0. The maximum atomic E-state index is 12.0. The van der Waals surface area contributed by atoms with E-state index in [1.165, 1.54) is 0 Å². The average Bonchev–Trinajstić information content (AvgIpc) is 2.38. The summed E-state index contributed by atoms with van der Waals surface area (Å²) in [6.07, 6.45) is 0. The van der Waals surface area contributed by atoms with Crippen molar-refractivity contribution in [3.63, 3.8) is 0 Å². The van der Waals surface area contributed by atoms with E-state index in [0.29, 0.717) is 11.3 Å². The fourth-order valence-corrected chi connectivity index (χ4v) is 3.03. The van der Waals surface area contributed by atoms with Crippen LogP contribution >= 0.6 is 0 Å². The summed E-state index contributed by atoms with van der Waals surface area (Å²) in [6.45, 7) is 6.32. The van der Waals surface area contributed by atoms with Gasteiger partial charge in [-0.2, -0.15) is 8.42 Å². The van der Waals surface area contributed by atoms with E-state index in [0.717, 1.165) is 5.56 Å². The lowest BCUT2D eigenvalue weighted by atomic mass is 9.87. The molecule has 0 heterocycles. The van der Waals surface area contributed by atoms with E-state index in [4.69, 9.17) is 4.18 Å². The second-order valence-corrected chi connectivity index (χ2v) is 7.62. The van der Waals surface area contributed by atoms with Crippen LogP contribution in [0.5, 0.6) is 5.75 Å². The lowest BCUT2D eigenvalue weighted by molar-refractivity contribution is 0.484. The van der Waals surface area contributed by atoms with Crippen LogP contribution in [0.25, 0.3) is 0 Å². The summed E-state index contributed by atoms with van der Waals surface area (Å²) in [6, 6.07) is 16.2. The molecule has 0 spiro atoms. The highest BCUT2D eigenvalue weighted by atomic mass is 32.2. The molecule has 0 saturated carbocycles. The SMILES string of the molecule is CC(C)(C)c1ccc(OS(=O)(=O)Cc2ccccc2)cc1. The Labute approximate surface area is 126 Å². The molecule has 0 saturated heterocycles. The molecular formula is C17H20O3S. The number of hydrogen-bond acceptors (Lipinski definition) is 3. The molecule has 0 N–H and O–H groups in total. The van der Waals surface area contributed by atoms with Crippen LogP contribution in [0.1, 0.15) is 31.9 Å². The van der Waals surface area contributed by atoms with E-state index in [1.807, 2.05) is 30.3 Å². The van der Waals surface area contributed by atoms with Gasteiger partial charge in [-0.1, -0.05) is 63.2 Å². The summed E-state index contributed by atoms with van der Waals surface area (Å²) in [5.74, 6) is 0.216. The molecule has 0 fully saturated rings. The van der Waals surface area contributed by atoms with Crippen LogP contribution in [-0.2, 0) is 21.3 Å². The lowest BCUT2D eigenvalue weighted by Gasteiger charge is -2.19. The minimum Gasteiger partial charge on any atom is -0.382 e. The van der Waals surface area contributed by atoms with Crippen LogP contribution in [0.3, 0.4) is 0 Å². The monoisotopic (exact) mass is 304 g/mol. The normalized spacial score (nSPS) is 12.1. The highest BCUT2D eigenvalue weighted by Gasteiger charge is 2.16. The van der Waals surface area contributed by atoms with E-state index >= 15 is 0 Å². The quantitative estimate of drug-likeness (QED) is 0.805. The fourth-order valence-electron chi connectivity index (χ4n) is 1.96. The molecule has 0 amide bonds. The van der Waals surface area contributed by atoms with Crippen molar-refractivity contribution in [1.29, 1.82) is 0 Å². The Kier molecular flexibility index (Phi) is 4.37. The Morgan fingerprint density at radius 3 is 2.00 bits per heavy atom. The van der Waals surface area contributed by atoms with Gasteiger partial charge in [-0.15, -0.1) is 0 Å². The molecule has 0 aliphatic carbocycles. The summed E-state index contributed by atoms with van der Waals surface area (Å²) >= 11 is 0. The summed E-state index contributed by atoms with van der Waals surface area (Å²) in [5.41, 5.74) is 1.88. The van der Waals surface area contributed by atoms with Gasteiger partial charge >= 0.3 is 10.1 Å². The van der Waals surface area contributed by atoms with Gasteiger partial charge in [0.15, 0.2) is 0 Å². The third-order valence-electron chi connectivity index (χ3n) is 3.13. The predicted molar refractivity (Wildman–Crippen MR) is 84.8 cm³/mol. The largest absolute Gasteiger partial charge is 0.382 e. The second-order valence-electron chi connectivity index (χ2n) is 6.05. The van der Waals surface area contributed by atoms with Crippen LogP contribution in [-0.4, -0.2) is 8.42 Å². The van der Waals surface area contributed by atoms with Gasteiger partial charge in [-0.25, -0.2) is 0 Å². The first kappa shape index (κ1) is 15.6. The third kappa shape index (κ3) is 4.60. The molecule has 112 valence electrons. The van der Waals surface area contributed by atoms with Crippen molar-refractivity contribution < 1.29 is 12.6 Å². The lowest BCUT2D eigenvalue weighted by Crippen LogP contribution is -2.13. The van der Waals surface area contributed by atoms with Gasteiger partial charge in [-0.05, 0) is 28.7 Å². The summed E-state index contributed by atoms with van der Waals surface area (Å²) in [4.78, 5) is 0. The van der Waals surface area contributed by atoms with E-state index in [9.17, 15) is 8.42 Å². The third-order valence-corrected chi connectivity index (χ3v) is 4.26. The molecule has 3 nitrogen and oxygen atoms in total. The smallest absolute Gasteiger partial charge is 0.313 e. The van der Waals surface area contributed by atoms with Crippen molar-refractivity contribution in [3.8, 4) is 5.75 Å². The van der Waals surface area contributed by atoms with Crippen molar-refractivity contribution in [3.05, 3.63) is 65.7 Å². The molecule has 0 aromatic heterocycles. The molecule has 0 bridgehead atoms. The maximum Gasteiger partial charge on any atom is 0.313 e. The van der Waals surface area contributed by atoms with E-state index < -0.39 is 10.1 Å². The first-order chi connectivity index (χ1) is 9.76. The first-order valence-corrected chi connectivity index (χ1v) is 8.41. The van der Waals surface area contributed by atoms with Gasteiger partial charge < -0.3 is 4.18 Å². The van der Waals surface area contributed by atoms with Gasteiger partial charge in [-0.3, -0.25) is 0 Å². The molecule has 21 heavy (non-hydrogen) atoms. The van der Waals surface area contributed by atoms with Crippen molar-refractivity contribution in [2.45, 2.75) is 31.9 Å². The van der Waals surface area contributed by atoms with Gasteiger partial charge in [0.2, 0.25) is 0 Å². The van der Waals surface area contributed by atoms with Crippen LogP contribution in [0.4, 0.5) is 0 Å². The van der Waals surface area contributed by atoms with Gasteiger partial charge in [0.1, 0.15) is 11.5 Å². The van der Waals surface area contributed by atoms with Crippen molar-refractivity contribution in [2.24, 2.45) is 0 Å². The molecule has 4 heteroatoms. The summed E-state index contributed by atoms with van der Waals surface area (Å²) in [7, 11) is -3.64. The molecular weight excluding hydrogens is 284 g/mol. The molecule has 2 aromatic rings. The van der Waals surface area contributed by atoms with E-state index in [1.54, 1.807) is 24.3 Å². The molecule has 2 aromatic carbocycles. The minimum atomic E-state index is -3.64. The van der Waals surface area contributed by atoms with Crippen molar-refractivity contribution in [1.82, 2.24) is 0 Å². The summed E-state index contributed by atoms with van der Waals surface area (Å²) < 4.78 is 29.2. The zero-order valence-corrected chi connectivity index (χ0v) is 13.4. The van der Waals surface area contributed by atoms with Crippen molar-refractivity contribution >= 4 is 10.1 Å². The second kappa shape index (κ2) is 5.90. The van der Waals surface area contributed by atoms with E-state index in [-0.39, 0.29) is 11.2 Å². The number of benzene rings is 2. The van der Waals surface area contributed by atoms with Gasteiger partial charge in [0.05, 0.1) is 0 Å². The molecule has 0 radical (unpaired) electrons. The predicted octanol–water partition coefficient (Wildman–Crippen LogP) is 3.89. The van der Waals surface area contributed by atoms with E-state index in [2.05, 4.69) is 20.8 Å². The van der Waals surface area contributed by atoms with Crippen LogP contribution in [0.15, 0.2) is 54.6 Å². The molecule has 0 atom stereocenters. The minimum absolute atomic E-state index is 0.0292. The zero-order valence-electron chi connectivity index (χ0n) is 12.5. The molecule has 0 aliphatic rings. The standard InChI is InChI=1S/C17H20O3S/c1-17(2,3)15-9-11-16(12-10-15)20-21(18,19)13-14-7-5-4-6-8-14/h4-12H,13H2,1-3H3. The van der Waals surface area contributed by atoms with Gasteiger partial charge in [0.25, 0.3) is 0 Å². The Morgan fingerprint density at radius 2 is 1.48 bits per heavy atom. The Hall–Kier alpha value is -1.81. The number of hydrogen-bond donors (Lipinski definition) is 0. The molecule has 0 unspecified atom stereocenters. The Morgan fingerprint density at radius 1 is 0.905 bits per heavy atom. The molecule has 0 aliphatic heterocycles. The summed E-state index contributed by atoms with van der Waals surface area (Å²) in [5, 5.41) is 0. The number of rotatable bonds is 4. The highest BCUT2D eigenvalue weighted by molar-refractivity contribution is 7.86. The zero-order chi connectivity index (χ0) is 15.5. The topological polar surface area (TPSA) is 43.4 Å². The molecule has 2 rings (SSSR count). The van der Waals surface area contributed by atoms with Gasteiger partial charge in [0, 0.05) is 0 Å². The first-order valence-electron chi connectivity index (χ1n) is 6.83.